The van der Waals surface area contributed by atoms with E-state index < -0.39 is 0 Å². The van der Waals surface area contributed by atoms with E-state index in [1.807, 2.05) is 65.5 Å². The first-order chi connectivity index (χ1) is 16.0. The molecule has 1 fully saturated rings. The monoisotopic (exact) mass is 479 g/mol. The molecule has 6 nitrogen and oxygen atoms in total. The molecule has 0 saturated carbocycles. The van der Waals surface area contributed by atoms with Crippen molar-refractivity contribution >= 4 is 40.3 Å². The van der Waals surface area contributed by atoms with Gasteiger partial charge in [0.2, 0.25) is 0 Å². The highest BCUT2D eigenvalue weighted by Crippen LogP contribution is 2.37. The van der Waals surface area contributed by atoms with Crippen LogP contribution in [0.3, 0.4) is 0 Å². The lowest BCUT2D eigenvalue weighted by molar-refractivity contribution is -0.122. The van der Waals surface area contributed by atoms with E-state index in [9.17, 15) is 4.79 Å². The van der Waals surface area contributed by atoms with Crippen LogP contribution in [0.25, 0.3) is 23.0 Å². The van der Waals surface area contributed by atoms with Gasteiger partial charge in [0.05, 0.1) is 24.8 Å². The third-order valence-corrected chi connectivity index (χ3v) is 6.69. The molecular weight excluding hydrogens is 454 g/mol. The predicted octanol–water partition coefficient (Wildman–Crippen LogP) is 5.56. The summed E-state index contributed by atoms with van der Waals surface area (Å²) in [5.41, 5.74) is 3.34. The van der Waals surface area contributed by atoms with Crippen LogP contribution in [-0.4, -0.2) is 45.7 Å². The predicted molar refractivity (Wildman–Crippen MR) is 137 cm³/mol. The van der Waals surface area contributed by atoms with Crippen LogP contribution in [0.2, 0.25) is 0 Å². The van der Waals surface area contributed by atoms with Crippen LogP contribution in [0.4, 0.5) is 0 Å². The number of nitrogens with zero attached hydrogens (tertiary/aromatic N) is 3. The van der Waals surface area contributed by atoms with Crippen molar-refractivity contribution in [2.45, 2.75) is 19.8 Å². The van der Waals surface area contributed by atoms with Crippen molar-refractivity contribution in [2.75, 3.05) is 20.8 Å². The average molecular weight is 480 g/mol. The third kappa shape index (κ3) is 4.82. The van der Waals surface area contributed by atoms with E-state index in [4.69, 9.17) is 26.8 Å². The van der Waals surface area contributed by atoms with Crippen molar-refractivity contribution in [1.82, 2.24) is 14.7 Å². The number of methoxy groups -OCH3 is 2. The first kappa shape index (κ1) is 23.1. The van der Waals surface area contributed by atoms with Crippen LogP contribution in [0.1, 0.15) is 25.3 Å². The van der Waals surface area contributed by atoms with Crippen molar-refractivity contribution in [3.63, 3.8) is 0 Å². The van der Waals surface area contributed by atoms with Gasteiger partial charge in [-0.15, -0.1) is 0 Å². The Bertz CT molecular complexity index is 1200. The van der Waals surface area contributed by atoms with Crippen LogP contribution in [0.5, 0.6) is 11.5 Å². The number of carbonyl (C=O) groups excluding carboxylic acids is 1. The Balaban J connectivity index is 1.79. The molecule has 2 aromatic carbocycles. The van der Waals surface area contributed by atoms with Crippen molar-refractivity contribution in [3.05, 3.63) is 65.2 Å². The number of thiocarbonyl (C=S) groups is 1. The molecule has 1 aliphatic rings. The molecule has 0 atom stereocenters. The summed E-state index contributed by atoms with van der Waals surface area (Å²) in [5.74, 6) is 1.20. The fourth-order valence-electron chi connectivity index (χ4n) is 3.56. The van der Waals surface area contributed by atoms with Gasteiger partial charge in [0, 0.05) is 23.9 Å². The number of hydrogen-bond acceptors (Lipinski definition) is 6. The first-order valence-electron chi connectivity index (χ1n) is 10.7. The van der Waals surface area contributed by atoms with Crippen LogP contribution in [-0.2, 0) is 4.79 Å². The third-order valence-electron chi connectivity index (χ3n) is 5.32. The smallest absolute Gasteiger partial charge is 0.266 e. The Labute approximate surface area is 203 Å². The molecular formula is C25H25N3O3S2. The van der Waals surface area contributed by atoms with Gasteiger partial charge < -0.3 is 9.47 Å². The fourth-order valence-corrected chi connectivity index (χ4v) is 4.86. The summed E-state index contributed by atoms with van der Waals surface area (Å²) in [6.45, 7) is 2.74. The number of thioether (sulfide) groups is 1. The summed E-state index contributed by atoms with van der Waals surface area (Å²) < 4.78 is 13.3. The van der Waals surface area contributed by atoms with Crippen LogP contribution in [0.15, 0.2) is 59.6 Å². The van der Waals surface area contributed by atoms with E-state index in [1.165, 1.54) is 11.8 Å². The average Bonchev–Trinajstić information content (AvgIpc) is 3.38. The molecule has 0 bridgehead atoms. The molecule has 0 unspecified atom stereocenters. The van der Waals surface area contributed by atoms with Crippen molar-refractivity contribution in [2.24, 2.45) is 0 Å². The summed E-state index contributed by atoms with van der Waals surface area (Å²) in [5, 5.41) is 4.85. The first-order valence-corrected chi connectivity index (χ1v) is 11.9. The second-order valence-corrected chi connectivity index (χ2v) is 9.15. The number of aromatic nitrogens is 2. The van der Waals surface area contributed by atoms with Gasteiger partial charge in [-0.3, -0.25) is 9.69 Å². The molecule has 4 rings (SSSR count). The normalized spacial score (nSPS) is 14.9. The minimum Gasteiger partial charge on any atom is -0.493 e. The molecule has 8 heteroatoms. The van der Waals surface area contributed by atoms with E-state index in [2.05, 4.69) is 6.92 Å². The molecule has 0 N–H and O–H groups in total. The molecule has 1 aliphatic heterocycles. The zero-order valence-electron chi connectivity index (χ0n) is 18.8. The van der Waals surface area contributed by atoms with E-state index >= 15 is 0 Å². The Morgan fingerprint density at radius 2 is 1.85 bits per heavy atom. The maximum atomic E-state index is 13.0. The molecule has 1 aromatic heterocycles. The van der Waals surface area contributed by atoms with Gasteiger partial charge in [-0.05, 0) is 42.8 Å². The fraction of sp³-hybridized carbons (Fsp3) is 0.240. The highest BCUT2D eigenvalue weighted by Gasteiger charge is 2.32. The second-order valence-electron chi connectivity index (χ2n) is 7.47. The molecule has 0 spiro atoms. The van der Waals surface area contributed by atoms with Crippen LogP contribution in [0, 0.1) is 0 Å². The summed E-state index contributed by atoms with van der Waals surface area (Å²) in [6.07, 6.45) is 5.73. The van der Waals surface area contributed by atoms with Crippen molar-refractivity contribution in [3.8, 4) is 28.4 Å². The quantitative estimate of drug-likeness (QED) is 0.312. The largest absolute Gasteiger partial charge is 0.493 e. The molecule has 1 amide bonds. The van der Waals surface area contributed by atoms with Gasteiger partial charge in [-0.25, -0.2) is 4.68 Å². The topological polar surface area (TPSA) is 56.6 Å². The van der Waals surface area contributed by atoms with E-state index in [-0.39, 0.29) is 5.91 Å². The lowest BCUT2D eigenvalue weighted by Gasteiger charge is -2.13. The minimum atomic E-state index is -0.0517. The molecule has 170 valence electrons. The van der Waals surface area contributed by atoms with E-state index in [0.29, 0.717) is 27.3 Å². The minimum absolute atomic E-state index is 0.0517. The molecule has 2 heterocycles. The van der Waals surface area contributed by atoms with Crippen LogP contribution < -0.4 is 9.47 Å². The number of hydrogen-bond donors (Lipinski definition) is 0. The van der Waals surface area contributed by atoms with Crippen molar-refractivity contribution in [1.29, 1.82) is 0 Å². The number of rotatable bonds is 8. The van der Waals surface area contributed by atoms with Gasteiger partial charge in [0.15, 0.2) is 11.5 Å². The Hall–Kier alpha value is -3.10. The second kappa shape index (κ2) is 10.2. The van der Waals surface area contributed by atoms with Gasteiger partial charge in [-0.2, -0.15) is 5.10 Å². The standard InChI is InChI=1S/C25H25N3O3S2/c1-4-5-13-27-24(29)22(33-25(27)32)15-18-16-28(19-9-7-6-8-10-19)26-23(18)17-11-12-20(30-2)21(14-17)31-3/h6-12,14-16H,4-5,13H2,1-3H3. The number of benzene rings is 2. The molecule has 0 radical (unpaired) electrons. The lowest BCUT2D eigenvalue weighted by Crippen LogP contribution is -2.28. The highest BCUT2D eigenvalue weighted by molar-refractivity contribution is 8.26. The summed E-state index contributed by atoms with van der Waals surface area (Å²) >= 11 is 6.81. The number of ether oxygens (including phenoxy) is 2. The van der Waals surface area contributed by atoms with E-state index in [0.717, 1.165) is 35.3 Å². The molecule has 1 saturated heterocycles. The van der Waals surface area contributed by atoms with Crippen molar-refractivity contribution < 1.29 is 14.3 Å². The number of amides is 1. The van der Waals surface area contributed by atoms with Gasteiger partial charge in [0.25, 0.3) is 5.91 Å². The Kier molecular flexibility index (Phi) is 7.15. The summed E-state index contributed by atoms with van der Waals surface area (Å²) in [7, 11) is 3.21. The Morgan fingerprint density at radius 1 is 1.09 bits per heavy atom. The number of unbranched alkanes of at least 4 members (excludes halogenated alkanes) is 1. The maximum absolute atomic E-state index is 13.0. The highest BCUT2D eigenvalue weighted by atomic mass is 32.2. The Morgan fingerprint density at radius 3 is 2.55 bits per heavy atom. The van der Waals surface area contributed by atoms with Crippen LogP contribution >= 0.6 is 24.0 Å². The molecule has 3 aromatic rings. The van der Waals surface area contributed by atoms with Gasteiger partial charge in [0.1, 0.15) is 10.0 Å². The molecule has 33 heavy (non-hydrogen) atoms. The zero-order valence-corrected chi connectivity index (χ0v) is 20.4. The number of carbonyl (C=O) groups is 1. The van der Waals surface area contributed by atoms with Gasteiger partial charge >= 0.3 is 0 Å². The summed E-state index contributed by atoms with van der Waals surface area (Å²) in [6, 6.07) is 15.5. The van der Waals surface area contributed by atoms with E-state index in [1.54, 1.807) is 19.1 Å². The zero-order chi connectivity index (χ0) is 23.4. The lowest BCUT2D eigenvalue weighted by atomic mass is 10.1. The molecule has 0 aliphatic carbocycles. The number of para-hydroxylation sites is 1. The summed E-state index contributed by atoms with van der Waals surface area (Å²) in [4.78, 5) is 15.3. The maximum Gasteiger partial charge on any atom is 0.266 e. The SMILES string of the molecule is CCCCN1C(=O)C(=Cc2cn(-c3ccccc3)nc2-c2ccc(OC)c(OC)c2)SC1=S. The van der Waals surface area contributed by atoms with Gasteiger partial charge in [-0.1, -0.05) is 55.5 Å².